The van der Waals surface area contributed by atoms with Gasteiger partial charge in [-0.3, -0.25) is 0 Å². The van der Waals surface area contributed by atoms with Gasteiger partial charge < -0.3 is 20.0 Å². The number of carboxylic acids is 1. The van der Waals surface area contributed by atoms with Gasteiger partial charge in [-0.15, -0.1) is 0 Å². The SMILES string of the molecule is Cc1ccc(C[C@@H](NC(=O)OCC2c3ccccc3-c3ccccc32)C(=O)[O-])cc1. The molecule has 0 fully saturated rings. The molecular weight excluding hydrogens is 378 g/mol. The molecule has 5 nitrogen and oxygen atoms in total. The second-order valence-electron chi connectivity index (χ2n) is 7.53. The first-order chi connectivity index (χ1) is 14.5. The Labute approximate surface area is 175 Å². The zero-order valence-corrected chi connectivity index (χ0v) is 16.6. The van der Waals surface area contributed by atoms with Gasteiger partial charge in [0.15, 0.2) is 0 Å². The Morgan fingerprint density at radius 1 is 0.933 bits per heavy atom. The Kier molecular flexibility index (Phi) is 5.53. The quantitative estimate of drug-likeness (QED) is 0.689. The van der Waals surface area contributed by atoms with E-state index in [-0.39, 0.29) is 18.9 Å². The highest BCUT2D eigenvalue weighted by molar-refractivity contribution is 5.80. The highest BCUT2D eigenvalue weighted by Gasteiger charge is 2.29. The Balaban J connectivity index is 1.43. The number of aliphatic carboxylic acids is 1. The number of rotatable bonds is 6. The van der Waals surface area contributed by atoms with Crippen molar-refractivity contribution in [2.75, 3.05) is 6.61 Å². The minimum atomic E-state index is -1.34. The lowest BCUT2D eigenvalue weighted by molar-refractivity contribution is -0.308. The molecule has 1 amide bonds. The van der Waals surface area contributed by atoms with Crippen molar-refractivity contribution < 1.29 is 19.4 Å². The summed E-state index contributed by atoms with van der Waals surface area (Å²) in [5, 5.41) is 13.9. The van der Waals surface area contributed by atoms with E-state index in [9.17, 15) is 14.7 Å². The van der Waals surface area contributed by atoms with Crippen LogP contribution >= 0.6 is 0 Å². The number of benzene rings is 3. The minimum Gasteiger partial charge on any atom is -0.548 e. The molecule has 3 aromatic carbocycles. The molecule has 0 aromatic heterocycles. The minimum absolute atomic E-state index is 0.0818. The summed E-state index contributed by atoms with van der Waals surface area (Å²) in [4.78, 5) is 23.9. The Hall–Kier alpha value is -3.60. The molecule has 3 aromatic rings. The Morgan fingerprint density at radius 2 is 1.50 bits per heavy atom. The molecule has 0 radical (unpaired) electrons. The number of amides is 1. The topological polar surface area (TPSA) is 78.5 Å². The van der Waals surface area contributed by atoms with Gasteiger partial charge in [0.1, 0.15) is 6.61 Å². The zero-order valence-electron chi connectivity index (χ0n) is 16.6. The van der Waals surface area contributed by atoms with E-state index in [0.717, 1.165) is 33.4 Å². The predicted octanol–water partition coefficient (Wildman–Crippen LogP) is 3.19. The van der Waals surface area contributed by atoms with Crippen molar-refractivity contribution >= 4 is 12.1 Å². The summed E-state index contributed by atoms with van der Waals surface area (Å²) in [6.45, 7) is 2.08. The van der Waals surface area contributed by atoms with Crippen molar-refractivity contribution in [3.8, 4) is 11.1 Å². The number of carbonyl (C=O) groups is 2. The van der Waals surface area contributed by atoms with Crippen molar-refractivity contribution in [3.05, 3.63) is 95.1 Å². The number of aryl methyl sites for hydroxylation is 1. The zero-order chi connectivity index (χ0) is 21.1. The van der Waals surface area contributed by atoms with Crippen molar-refractivity contribution in [1.29, 1.82) is 0 Å². The first kappa shape index (κ1) is 19.7. The lowest BCUT2D eigenvalue weighted by atomic mass is 9.98. The molecule has 0 heterocycles. The van der Waals surface area contributed by atoms with Crippen LogP contribution < -0.4 is 10.4 Å². The standard InChI is InChI=1S/C25H23NO4/c1-16-10-12-17(13-11-16)14-23(24(27)28)26-25(29)30-15-22-20-8-4-2-6-18(20)19-7-3-5-9-21(19)22/h2-13,22-23H,14-15H2,1H3,(H,26,29)(H,27,28)/p-1/t23-/m1/s1. The molecule has 4 rings (SSSR count). The second-order valence-corrected chi connectivity index (χ2v) is 7.53. The number of alkyl carbamates (subject to hydrolysis) is 1. The molecule has 0 bridgehead atoms. The van der Waals surface area contributed by atoms with Gasteiger partial charge in [0, 0.05) is 5.92 Å². The smallest absolute Gasteiger partial charge is 0.407 e. The van der Waals surface area contributed by atoms with Crippen LogP contribution in [0, 0.1) is 6.92 Å². The summed E-state index contributed by atoms with van der Waals surface area (Å²) in [6.07, 6.45) is -0.634. The number of carbonyl (C=O) groups excluding carboxylic acids is 2. The van der Waals surface area contributed by atoms with E-state index < -0.39 is 18.1 Å². The van der Waals surface area contributed by atoms with Crippen LogP contribution in [0.15, 0.2) is 72.8 Å². The molecule has 1 atom stereocenters. The van der Waals surface area contributed by atoms with E-state index in [1.54, 1.807) is 0 Å². The number of fused-ring (bicyclic) bond motifs is 3. The van der Waals surface area contributed by atoms with E-state index in [1.807, 2.05) is 67.6 Å². The van der Waals surface area contributed by atoms with Gasteiger partial charge in [0.25, 0.3) is 0 Å². The van der Waals surface area contributed by atoms with Crippen molar-refractivity contribution in [2.45, 2.75) is 25.3 Å². The molecular formula is C25H22NO4-. The third-order valence-electron chi connectivity index (χ3n) is 5.48. The van der Waals surface area contributed by atoms with Crippen LogP contribution in [0.1, 0.15) is 28.2 Å². The van der Waals surface area contributed by atoms with E-state index >= 15 is 0 Å². The Morgan fingerprint density at radius 3 is 2.07 bits per heavy atom. The number of hydrogen-bond acceptors (Lipinski definition) is 4. The molecule has 0 saturated carbocycles. The molecule has 152 valence electrons. The average molecular weight is 400 g/mol. The van der Waals surface area contributed by atoms with E-state index in [1.165, 1.54) is 0 Å². The summed E-state index contributed by atoms with van der Waals surface area (Å²) < 4.78 is 5.44. The molecule has 0 saturated heterocycles. The third kappa shape index (κ3) is 4.06. The van der Waals surface area contributed by atoms with E-state index in [0.29, 0.717) is 0 Å². The first-order valence-corrected chi connectivity index (χ1v) is 9.91. The van der Waals surface area contributed by atoms with Gasteiger partial charge in [0.05, 0.1) is 12.0 Å². The van der Waals surface area contributed by atoms with Crippen LogP contribution in [0.3, 0.4) is 0 Å². The largest absolute Gasteiger partial charge is 0.548 e. The fraction of sp³-hybridized carbons (Fsp3) is 0.200. The molecule has 0 aliphatic heterocycles. The molecule has 0 unspecified atom stereocenters. The lowest BCUT2D eigenvalue weighted by Gasteiger charge is -2.21. The van der Waals surface area contributed by atoms with Crippen LogP contribution in [-0.2, 0) is 16.0 Å². The highest BCUT2D eigenvalue weighted by Crippen LogP contribution is 2.44. The van der Waals surface area contributed by atoms with E-state index in [4.69, 9.17) is 4.74 Å². The second kappa shape index (κ2) is 8.41. The maximum absolute atomic E-state index is 12.4. The number of ether oxygens (including phenoxy) is 1. The maximum Gasteiger partial charge on any atom is 0.407 e. The summed E-state index contributed by atoms with van der Waals surface area (Å²) in [6, 6.07) is 22.4. The van der Waals surface area contributed by atoms with Crippen molar-refractivity contribution in [2.24, 2.45) is 0 Å². The van der Waals surface area contributed by atoms with Crippen LogP contribution in [0.4, 0.5) is 4.79 Å². The first-order valence-electron chi connectivity index (χ1n) is 9.91. The van der Waals surface area contributed by atoms with Crippen molar-refractivity contribution in [3.63, 3.8) is 0 Å². The van der Waals surface area contributed by atoms with Crippen LogP contribution in [0.25, 0.3) is 11.1 Å². The molecule has 1 aliphatic rings. The van der Waals surface area contributed by atoms with Crippen LogP contribution in [0.2, 0.25) is 0 Å². The van der Waals surface area contributed by atoms with Gasteiger partial charge in [-0.1, -0.05) is 78.4 Å². The van der Waals surface area contributed by atoms with Crippen LogP contribution in [-0.4, -0.2) is 24.7 Å². The monoisotopic (exact) mass is 400 g/mol. The highest BCUT2D eigenvalue weighted by atomic mass is 16.5. The fourth-order valence-corrected chi connectivity index (χ4v) is 3.94. The Bertz CT molecular complexity index is 1030. The summed E-state index contributed by atoms with van der Waals surface area (Å²) in [5.74, 6) is -1.43. The fourth-order valence-electron chi connectivity index (χ4n) is 3.94. The number of carboxylic acid groups (broad SMARTS) is 1. The molecule has 1 N–H and O–H groups in total. The number of nitrogens with one attached hydrogen (secondary N) is 1. The van der Waals surface area contributed by atoms with E-state index in [2.05, 4.69) is 17.4 Å². The third-order valence-corrected chi connectivity index (χ3v) is 5.48. The summed E-state index contributed by atoms with van der Waals surface area (Å²) >= 11 is 0. The van der Waals surface area contributed by atoms with Gasteiger partial charge in [-0.2, -0.15) is 0 Å². The molecule has 30 heavy (non-hydrogen) atoms. The molecule has 0 spiro atoms. The molecule has 5 heteroatoms. The van der Waals surface area contributed by atoms with Gasteiger partial charge in [-0.25, -0.2) is 4.79 Å². The number of hydrogen-bond donors (Lipinski definition) is 1. The van der Waals surface area contributed by atoms with Gasteiger partial charge >= 0.3 is 6.09 Å². The molecule has 1 aliphatic carbocycles. The maximum atomic E-state index is 12.4. The van der Waals surface area contributed by atoms with Crippen LogP contribution in [0.5, 0.6) is 0 Å². The normalized spacial score (nSPS) is 13.2. The van der Waals surface area contributed by atoms with Gasteiger partial charge in [-0.05, 0) is 41.2 Å². The predicted molar refractivity (Wildman–Crippen MR) is 112 cm³/mol. The van der Waals surface area contributed by atoms with Crippen molar-refractivity contribution in [1.82, 2.24) is 5.32 Å². The summed E-state index contributed by atoms with van der Waals surface area (Å²) in [5.41, 5.74) is 6.34. The lowest BCUT2D eigenvalue weighted by Crippen LogP contribution is -2.49. The van der Waals surface area contributed by atoms with Gasteiger partial charge in [0.2, 0.25) is 0 Å². The summed E-state index contributed by atoms with van der Waals surface area (Å²) in [7, 11) is 0. The average Bonchev–Trinajstić information content (AvgIpc) is 3.07.